The van der Waals surface area contributed by atoms with E-state index in [1.54, 1.807) is 0 Å². The van der Waals surface area contributed by atoms with Crippen LogP contribution < -0.4 is 4.90 Å². The third-order valence-electron chi connectivity index (χ3n) is 5.61. The summed E-state index contributed by atoms with van der Waals surface area (Å²) in [4.78, 5) is 26.5. The second-order valence-corrected chi connectivity index (χ2v) is 7.88. The van der Waals surface area contributed by atoms with Gasteiger partial charge >= 0.3 is 0 Å². The molecule has 0 radical (unpaired) electrons. The number of nitrogens with zero attached hydrogens (tertiary/aromatic N) is 4. The number of anilines is 1. The van der Waals surface area contributed by atoms with E-state index in [1.807, 2.05) is 36.1 Å². The van der Waals surface area contributed by atoms with Gasteiger partial charge in [0.25, 0.3) is 0 Å². The second kappa shape index (κ2) is 8.60. The van der Waals surface area contributed by atoms with Gasteiger partial charge in [-0.2, -0.15) is 0 Å². The summed E-state index contributed by atoms with van der Waals surface area (Å²) in [5, 5.41) is 1.07. The third kappa shape index (κ3) is 4.56. The average molecular weight is 389 g/mol. The molecule has 1 fully saturated rings. The van der Waals surface area contributed by atoms with Crippen LogP contribution in [0.3, 0.4) is 0 Å². The zero-order chi connectivity index (χ0) is 20.2. The first-order valence-corrected chi connectivity index (χ1v) is 10.4. The Balaban J connectivity index is 1.61. The van der Waals surface area contributed by atoms with Gasteiger partial charge in [0.2, 0.25) is 5.91 Å². The number of carbonyl (C=O) groups is 1. The molecule has 1 saturated heterocycles. The molecule has 2 aromatic carbocycles. The van der Waals surface area contributed by atoms with Crippen molar-refractivity contribution in [2.45, 2.75) is 39.7 Å². The number of likely N-dealkylation sites (tertiary alicyclic amines) is 1. The van der Waals surface area contributed by atoms with Gasteiger partial charge in [-0.15, -0.1) is 0 Å². The van der Waals surface area contributed by atoms with Crippen LogP contribution in [0.2, 0.25) is 0 Å². The van der Waals surface area contributed by atoms with Crippen LogP contribution in [-0.4, -0.2) is 40.4 Å². The van der Waals surface area contributed by atoms with Crippen LogP contribution in [0.4, 0.5) is 5.69 Å². The van der Waals surface area contributed by atoms with Crippen LogP contribution >= 0.6 is 0 Å². The minimum absolute atomic E-state index is 0.183. The van der Waals surface area contributed by atoms with Gasteiger partial charge in [-0.05, 0) is 51.3 Å². The molecule has 4 rings (SSSR count). The van der Waals surface area contributed by atoms with E-state index in [-0.39, 0.29) is 5.91 Å². The van der Waals surface area contributed by atoms with Crippen molar-refractivity contribution >= 4 is 22.5 Å². The van der Waals surface area contributed by atoms with Crippen LogP contribution in [0.25, 0.3) is 10.9 Å². The van der Waals surface area contributed by atoms with Gasteiger partial charge in [-0.25, -0.2) is 9.97 Å². The summed E-state index contributed by atoms with van der Waals surface area (Å²) in [6.07, 6.45) is 3.42. The number of amides is 1. The fourth-order valence-electron chi connectivity index (χ4n) is 3.94. The summed E-state index contributed by atoms with van der Waals surface area (Å²) >= 11 is 0. The Morgan fingerprint density at radius 1 is 0.966 bits per heavy atom. The number of para-hydroxylation sites is 1. The summed E-state index contributed by atoms with van der Waals surface area (Å²) in [5.74, 6) is 0.927. The van der Waals surface area contributed by atoms with E-state index in [0.717, 1.165) is 54.0 Å². The van der Waals surface area contributed by atoms with Crippen molar-refractivity contribution in [2.75, 3.05) is 24.5 Å². The van der Waals surface area contributed by atoms with Crippen LogP contribution in [-0.2, 0) is 11.3 Å². The molecule has 0 aliphatic carbocycles. The quantitative estimate of drug-likeness (QED) is 0.655. The van der Waals surface area contributed by atoms with Crippen molar-refractivity contribution in [3.8, 4) is 0 Å². The highest BCUT2D eigenvalue weighted by Crippen LogP contribution is 2.20. The maximum atomic E-state index is 13.0. The number of piperidine rings is 1. The van der Waals surface area contributed by atoms with E-state index in [2.05, 4.69) is 36.1 Å². The molecule has 0 unspecified atom stereocenters. The molecule has 29 heavy (non-hydrogen) atoms. The first-order chi connectivity index (χ1) is 14.1. The molecule has 2 heterocycles. The summed E-state index contributed by atoms with van der Waals surface area (Å²) in [6, 6.07) is 16.4. The van der Waals surface area contributed by atoms with E-state index in [1.165, 1.54) is 12.0 Å². The van der Waals surface area contributed by atoms with Crippen molar-refractivity contribution in [3.63, 3.8) is 0 Å². The average Bonchev–Trinajstić information content (AvgIpc) is 2.74. The topological polar surface area (TPSA) is 49.3 Å². The number of fused-ring (bicyclic) bond motifs is 1. The predicted molar refractivity (Wildman–Crippen MR) is 117 cm³/mol. The fraction of sp³-hybridized carbons (Fsp3) is 0.375. The summed E-state index contributed by atoms with van der Waals surface area (Å²) in [6.45, 7) is 6.68. The molecule has 0 spiro atoms. The molecule has 0 saturated carbocycles. The first-order valence-electron chi connectivity index (χ1n) is 10.4. The summed E-state index contributed by atoms with van der Waals surface area (Å²) < 4.78 is 0. The molecular formula is C24H28N4O. The number of hydrogen-bond acceptors (Lipinski definition) is 4. The Bertz CT molecular complexity index is 993. The van der Waals surface area contributed by atoms with Gasteiger partial charge < -0.3 is 9.80 Å². The van der Waals surface area contributed by atoms with Crippen molar-refractivity contribution in [1.82, 2.24) is 14.9 Å². The SMILES string of the molecule is Cc1ccc(N(CC(=O)N2CCCCC2)Cc2nc(C)c3ccccc3n2)cc1. The van der Waals surface area contributed by atoms with Crippen LogP contribution in [0.5, 0.6) is 0 Å². The van der Waals surface area contributed by atoms with Gasteiger partial charge in [0.1, 0.15) is 5.82 Å². The van der Waals surface area contributed by atoms with Crippen molar-refractivity contribution in [1.29, 1.82) is 0 Å². The zero-order valence-corrected chi connectivity index (χ0v) is 17.3. The highest BCUT2D eigenvalue weighted by Gasteiger charge is 2.21. The lowest BCUT2D eigenvalue weighted by atomic mass is 10.1. The monoisotopic (exact) mass is 388 g/mol. The molecule has 1 aliphatic heterocycles. The molecule has 5 heteroatoms. The van der Waals surface area contributed by atoms with E-state index in [4.69, 9.17) is 9.97 Å². The molecule has 3 aromatic rings. The smallest absolute Gasteiger partial charge is 0.242 e. The Kier molecular flexibility index (Phi) is 5.74. The van der Waals surface area contributed by atoms with Gasteiger partial charge in [0.15, 0.2) is 0 Å². The van der Waals surface area contributed by atoms with Crippen LogP contribution in [0, 0.1) is 13.8 Å². The van der Waals surface area contributed by atoms with Crippen molar-refractivity contribution in [3.05, 3.63) is 65.6 Å². The van der Waals surface area contributed by atoms with E-state index >= 15 is 0 Å². The molecule has 0 atom stereocenters. The zero-order valence-electron chi connectivity index (χ0n) is 17.3. The highest BCUT2D eigenvalue weighted by molar-refractivity contribution is 5.82. The molecule has 1 amide bonds. The Morgan fingerprint density at radius 2 is 1.69 bits per heavy atom. The fourth-order valence-corrected chi connectivity index (χ4v) is 3.94. The summed E-state index contributed by atoms with van der Waals surface area (Å²) in [7, 11) is 0. The molecule has 0 N–H and O–H groups in total. The molecule has 0 bridgehead atoms. The lowest BCUT2D eigenvalue weighted by Crippen LogP contribution is -2.42. The molecule has 1 aliphatic rings. The largest absolute Gasteiger partial charge is 0.355 e. The van der Waals surface area contributed by atoms with Crippen LogP contribution in [0.1, 0.15) is 36.3 Å². The maximum Gasteiger partial charge on any atom is 0.242 e. The molecule has 5 nitrogen and oxygen atoms in total. The minimum Gasteiger partial charge on any atom is -0.355 e. The second-order valence-electron chi connectivity index (χ2n) is 7.88. The van der Waals surface area contributed by atoms with Crippen molar-refractivity contribution < 1.29 is 4.79 Å². The Labute approximate surface area is 172 Å². The van der Waals surface area contributed by atoms with E-state index < -0.39 is 0 Å². The lowest BCUT2D eigenvalue weighted by Gasteiger charge is -2.31. The van der Waals surface area contributed by atoms with E-state index in [9.17, 15) is 4.79 Å². The highest BCUT2D eigenvalue weighted by atomic mass is 16.2. The standard InChI is InChI=1S/C24H28N4O/c1-18-10-12-20(13-11-18)28(17-24(29)27-14-6-3-7-15-27)16-23-25-19(2)21-8-4-5-9-22(21)26-23/h4-5,8-13H,3,6-7,14-17H2,1-2H3. The maximum absolute atomic E-state index is 13.0. The molecule has 150 valence electrons. The number of benzene rings is 2. The third-order valence-corrected chi connectivity index (χ3v) is 5.61. The van der Waals surface area contributed by atoms with Gasteiger partial charge in [0, 0.05) is 29.9 Å². The number of rotatable bonds is 5. The van der Waals surface area contributed by atoms with Gasteiger partial charge in [-0.3, -0.25) is 4.79 Å². The van der Waals surface area contributed by atoms with Crippen LogP contribution in [0.15, 0.2) is 48.5 Å². The lowest BCUT2D eigenvalue weighted by molar-refractivity contribution is -0.130. The number of aryl methyl sites for hydroxylation is 2. The van der Waals surface area contributed by atoms with E-state index in [0.29, 0.717) is 13.1 Å². The van der Waals surface area contributed by atoms with Gasteiger partial charge in [0.05, 0.1) is 18.6 Å². The molecule has 1 aromatic heterocycles. The Morgan fingerprint density at radius 3 is 2.45 bits per heavy atom. The van der Waals surface area contributed by atoms with Gasteiger partial charge in [-0.1, -0.05) is 35.9 Å². The predicted octanol–water partition coefficient (Wildman–Crippen LogP) is 4.27. The number of carbonyl (C=O) groups excluding carboxylic acids is 1. The first kappa shape index (κ1) is 19.4. The molecular weight excluding hydrogens is 360 g/mol. The number of aromatic nitrogens is 2. The summed E-state index contributed by atoms with van der Waals surface area (Å²) in [5.41, 5.74) is 4.14. The Hall–Kier alpha value is -2.95. The van der Waals surface area contributed by atoms with Crippen molar-refractivity contribution in [2.24, 2.45) is 0 Å². The number of hydrogen-bond donors (Lipinski definition) is 0. The minimum atomic E-state index is 0.183. The normalized spacial score (nSPS) is 14.2.